The van der Waals surface area contributed by atoms with Gasteiger partial charge in [0.05, 0.1) is 31.6 Å². The molecule has 0 radical (unpaired) electrons. The molecule has 0 aliphatic carbocycles. The maximum absolute atomic E-state index is 13.2. The molecule has 0 saturated carbocycles. The predicted octanol–water partition coefficient (Wildman–Crippen LogP) is 3.16. The molecular weight excluding hydrogens is 356 g/mol. The summed E-state index contributed by atoms with van der Waals surface area (Å²) in [6, 6.07) is 11.5. The third-order valence-corrected chi connectivity index (χ3v) is 4.74. The van der Waals surface area contributed by atoms with E-state index in [0.717, 1.165) is 22.5 Å². The number of amides is 1. The summed E-state index contributed by atoms with van der Waals surface area (Å²) in [5, 5.41) is 4.19. The lowest BCUT2D eigenvalue weighted by atomic mass is 10.1. The number of ether oxygens (including phenoxy) is 2. The Bertz CT molecular complexity index is 1020. The van der Waals surface area contributed by atoms with Crippen LogP contribution in [0.15, 0.2) is 42.6 Å². The van der Waals surface area contributed by atoms with E-state index in [9.17, 15) is 4.79 Å². The fraction of sp³-hybridized carbons (Fsp3) is 0.286. The highest BCUT2D eigenvalue weighted by atomic mass is 16.5. The van der Waals surface area contributed by atoms with E-state index in [1.807, 2.05) is 43.3 Å². The number of pyridine rings is 2. The Kier molecular flexibility index (Phi) is 5.08. The molecule has 1 saturated heterocycles. The van der Waals surface area contributed by atoms with Crippen molar-refractivity contribution in [2.24, 2.45) is 0 Å². The number of hydrogen-bond acceptors (Lipinski definition) is 6. The first-order valence-corrected chi connectivity index (χ1v) is 9.20. The highest BCUT2D eigenvalue weighted by Crippen LogP contribution is 2.31. The number of fused-ring (bicyclic) bond motifs is 1. The van der Waals surface area contributed by atoms with Gasteiger partial charge in [0.2, 0.25) is 0 Å². The Labute approximate surface area is 163 Å². The maximum atomic E-state index is 13.2. The Hall–Kier alpha value is -3.19. The molecule has 1 aliphatic heterocycles. The number of aromatic nitrogens is 2. The second kappa shape index (κ2) is 7.82. The Morgan fingerprint density at radius 2 is 2.04 bits per heavy atom. The van der Waals surface area contributed by atoms with Crippen LogP contribution in [-0.4, -0.2) is 54.2 Å². The summed E-state index contributed by atoms with van der Waals surface area (Å²) in [7, 11) is 1.63. The third kappa shape index (κ3) is 3.61. The van der Waals surface area contributed by atoms with Crippen LogP contribution in [0.1, 0.15) is 16.1 Å². The summed E-state index contributed by atoms with van der Waals surface area (Å²) in [5.41, 5.74) is 3.51. The average Bonchev–Trinajstić information content (AvgIpc) is 2.74. The number of methoxy groups -OCH3 is 1. The van der Waals surface area contributed by atoms with Crippen LogP contribution in [0.3, 0.4) is 0 Å². The standard InChI is InChI=1S/C21H22N4O3/c1-14-6-7-17-19(24-15-4-3-5-16(12-15)27-2)18(13-22-20(17)23-14)21(26)25-8-10-28-11-9-25/h3-7,12-13H,8-11H2,1-2H3,(H,22,23,24). The van der Waals surface area contributed by atoms with Gasteiger partial charge in [-0.05, 0) is 31.2 Å². The van der Waals surface area contributed by atoms with Crippen LogP contribution in [0.4, 0.5) is 11.4 Å². The van der Waals surface area contributed by atoms with Gasteiger partial charge >= 0.3 is 0 Å². The highest BCUT2D eigenvalue weighted by molar-refractivity contribution is 6.07. The fourth-order valence-corrected chi connectivity index (χ4v) is 3.25. The first kappa shape index (κ1) is 18.2. The molecule has 7 heteroatoms. The second-order valence-corrected chi connectivity index (χ2v) is 6.63. The third-order valence-electron chi connectivity index (χ3n) is 4.74. The SMILES string of the molecule is COc1cccc(Nc2c(C(=O)N3CCOCC3)cnc3nc(C)ccc23)c1. The van der Waals surface area contributed by atoms with E-state index in [2.05, 4.69) is 15.3 Å². The zero-order valence-corrected chi connectivity index (χ0v) is 15.9. The molecule has 3 aromatic rings. The van der Waals surface area contributed by atoms with Crippen LogP contribution in [0.25, 0.3) is 11.0 Å². The van der Waals surface area contributed by atoms with Crippen LogP contribution in [-0.2, 0) is 4.74 Å². The summed E-state index contributed by atoms with van der Waals surface area (Å²) >= 11 is 0. The summed E-state index contributed by atoms with van der Waals surface area (Å²) in [6.07, 6.45) is 1.61. The number of nitrogens with zero attached hydrogens (tertiary/aromatic N) is 3. The average molecular weight is 378 g/mol. The van der Waals surface area contributed by atoms with Gasteiger partial charge in [0.1, 0.15) is 5.75 Å². The van der Waals surface area contributed by atoms with Gasteiger partial charge in [0.15, 0.2) is 5.65 Å². The van der Waals surface area contributed by atoms with Crippen molar-refractivity contribution in [3.8, 4) is 5.75 Å². The van der Waals surface area contributed by atoms with Crippen LogP contribution in [0.5, 0.6) is 5.75 Å². The van der Waals surface area contributed by atoms with Gasteiger partial charge in [0, 0.05) is 42.1 Å². The quantitative estimate of drug-likeness (QED) is 0.752. The molecule has 1 amide bonds. The molecule has 1 N–H and O–H groups in total. The smallest absolute Gasteiger partial charge is 0.257 e. The fourth-order valence-electron chi connectivity index (χ4n) is 3.25. The van der Waals surface area contributed by atoms with Crippen molar-refractivity contribution in [3.05, 3.63) is 53.9 Å². The Morgan fingerprint density at radius 1 is 1.21 bits per heavy atom. The van der Waals surface area contributed by atoms with Crippen LogP contribution < -0.4 is 10.1 Å². The Morgan fingerprint density at radius 3 is 2.82 bits per heavy atom. The van der Waals surface area contributed by atoms with Gasteiger partial charge < -0.3 is 19.7 Å². The van der Waals surface area contributed by atoms with Gasteiger partial charge in [-0.1, -0.05) is 6.07 Å². The van der Waals surface area contributed by atoms with E-state index < -0.39 is 0 Å². The zero-order chi connectivity index (χ0) is 19.5. The lowest BCUT2D eigenvalue weighted by molar-refractivity contribution is 0.0303. The van der Waals surface area contributed by atoms with E-state index in [1.165, 1.54) is 0 Å². The summed E-state index contributed by atoms with van der Waals surface area (Å²) in [6.45, 7) is 4.16. The van der Waals surface area contributed by atoms with Crippen molar-refractivity contribution in [1.82, 2.24) is 14.9 Å². The van der Waals surface area contributed by atoms with E-state index in [-0.39, 0.29) is 5.91 Å². The number of carbonyl (C=O) groups excluding carboxylic acids is 1. The molecule has 4 rings (SSSR count). The van der Waals surface area contributed by atoms with Gasteiger partial charge in [-0.15, -0.1) is 0 Å². The summed E-state index contributed by atoms with van der Waals surface area (Å²) in [4.78, 5) is 23.9. The molecule has 28 heavy (non-hydrogen) atoms. The van der Waals surface area contributed by atoms with Gasteiger partial charge in [0.25, 0.3) is 5.91 Å². The van der Waals surface area contributed by atoms with Crippen LogP contribution in [0.2, 0.25) is 0 Å². The van der Waals surface area contributed by atoms with Crippen LogP contribution >= 0.6 is 0 Å². The number of morpholine rings is 1. The zero-order valence-electron chi connectivity index (χ0n) is 15.9. The number of carbonyl (C=O) groups is 1. The summed E-state index contributed by atoms with van der Waals surface area (Å²) in [5.74, 6) is 0.669. The van der Waals surface area contributed by atoms with E-state index in [0.29, 0.717) is 43.2 Å². The molecule has 1 aromatic carbocycles. The number of benzene rings is 1. The first-order chi connectivity index (χ1) is 13.7. The van der Waals surface area contributed by atoms with Crippen molar-refractivity contribution < 1.29 is 14.3 Å². The molecule has 0 unspecified atom stereocenters. The lowest BCUT2D eigenvalue weighted by Gasteiger charge is -2.27. The lowest BCUT2D eigenvalue weighted by Crippen LogP contribution is -2.41. The molecule has 1 fully saturated rings. The van der Waals surface area contributed by atoms with Crippen LogP contribution in [0, 0.1) is 6.92 Å². The van der Waals surface area contributed by atoms with Crippen molar-refractivity contribution in [2.75, 3.05) is 38.7 Å². The number of anilines is 2. The molecule has 3 heterocycles. The van der Waals surface area contributed by atoms with Gasteiger partial charge in [-0.3, -0.25) is 4.79 Å². The van der Waals surface area contributed by atoms with E-state index >= 15 is 0 Å². The molecule has 0 atom stereocenters. The minimum atomic E-state index is -0.0660. The number of hydrogen-bond donors (Lipinski definition) is 1. The maximum Gasteiger partial charge on any atom is 0.257 e. The minimum absolute atomic E-state index is 0.0660. The number of nitrogens with one attached hydrogen (secondary N) is 1. The minimum Gasteiger partial charge on any atom is -0.497 e. The molecule has 0 bridgehead atoms. The van der Waals surface area contributed by atoms with Gasteiger partial charge in [-0.2, -0.15) is 0 Å². The largest absolute Gasteiger partial charge is 0.497 e. The molecule has 7 nitrogen and oxygen atoms in total. The predicted molar refractivity (Wildman–Crippen MR) is 107 cm³/mol. The van der Waals surface area contributed by atoms with Gasteiger partial charge in [-0.25, -0.2) is 9.97 Å². The van der Waals surface area contributed by atoms with Crippen molar-refractivity contribution >= 4 is 28.3 Å². The van der Waals surface area contributed by atoms with Crippen molar-refractivity contribution in [1.29, 1.82) is 0 Å². The number of rotatable bonds is 4. The second-order valence-electron chi connectivity index (χ2n) is 6.63. The normalized spacial score (nSPS) is 14.1. The monoisotopic (exact) mass is 378 g/mol. The Balaban J connectivity index is 1.80. The molecular formula is C21H22N4O3. The molecule has 1 aliphatic rings. The summed E-state index contributed by atoms with van der Waals surface area (Å²) < 4.78 is 10.7. The first-order valence-electron chi connectivity index (χ1n) is 9.20. The molecule has 144 valence electrons. The van der Waals surface area contributed by atoms with Crippen molar-refractivity contribution in [2.45, 2.75) is 6.92 Å². The molecule has 2 aromatic heterocycles. The topological polar surface area (TPSA) is 76.6 Å². The van der Waals surface area contributed by atoms with E-state index in [4.69, 9.17) is 9.47 Å². The number of aryl methyl sites for hydroxylation is 1. The molecule has 0 spiro atoms. The van der Waals surface area contributed by atoms with Crippen molar-refractivity contribution in [3.63, 3.8) is 0 Å². The highest BCUT2D eigenvalue weighted by Gasteiger charge is 2.23. The van der Waals surface area contributed by atoms with E-state index in [1.54, 1.807) is 18.2 Å².